The highest BCUT2D eigenvalue weighted by Gasteiger charge is 2.23. The smallest absolute Gasteiger partial charge is 0.338 e. The first-order chi connectivity index (χ1) is 12.8. The number of hydrogen-bond acceptors (Lipinski definition) is 9. The van der Waals surface area contributed by atoms with E-state index in [9.17, 15) is 29.8 Å². The molecule has 0 atom stereocenters. The van der Waals surface area contributed by atoms with Gasteiger partial charge in [0, 0.05) is 6.07 Å². The molecule has 0 aliphatic carbocycles. The highest BCUT2D eigenvalue weighted by atomic mass is 16.6. The van der Waals surface area contributed by atoms with Crippen molar-refractivity contribution in [1.29, 1.82) is 0 Å². The summed E-state index contributed by atoms with van der Waals surface area (Å²) in [5.41, 5.74) is -1.38. The Morgan fingerprint density at radius 2 is 1.48 bits per heavy atom. The molecule has 0 spiro atoms. The van der Waals surface area contributed by atoms with Crippen molar-refractivity contribution < 1.29 is 33.6 Å². The summed E-state index contributed by atoms with van der Waals surface area (Å²) in [5, 5.41) is 21.9. The lowest BCUT2D eigenvalue weighted by atomic mass is 10.1. The maximum Gasteiger partial charge on any atom is 0.338 e. The molecule has 27 heavy (non-hydrogen) atoms. The summed E-state index contributed by atoms with van der Waals surface area (Å²) < 4.78 is 14.6. The third-order valence-corrected chi connectivity index (χ3v) is 3.38. The van der Waals surface area contributed by atoms with Crippen molar-refractivity contribution in [1.82, 2.24) is 0 Å². The summed E-state index contributed by atoms with van der Waals surface area (Å²) in [6.07, 6.45) is 0. The van der Waals surface area contributed by atoms with Gasteiger partial charge in [-0.25, -0.2) is 9.59 Å². The molecule has 0 bridgehead atoms. The van der Waals surface area contributed by atoms with Crippen molar-refractivity contribution in [3.05, 3.63) is 67.8 Å². The van der Waals surface area contributed by atoms with Crippen molar-refractivity contribution in [2.24, 2.45) is 0 Å². The van der Waals surface area contributed by atoms with Gasteiger partial charge in [-0.05, 0) is 24.3 Å². The quantitative estimate of drug-likeness (QED) is 0.421. The number of carbonyl (C=O) groups excluding carboxylic acids is 2. The lowest BCUT2D eigenvalue weighted by Crippen LogP contribution is -2.11. The van der Waals surface area contributed by atoms with Crippen LogP contribution in [0.5, 0.6) is 11.5 Å². The van der Waals surface area contributed by atoms with E-state index in [1.54, 1.807) is 0 Å². The number of nitro benzene ring substituents is 2. The number of nitro groups is 2. The largest absolute Gasteiger partial charge is 0.465 e. The fraction of sp³-hybridized carbons (Fsp3) is 0.125. The van der Waals surface area contributed by atoms with E-state index in [2.05, 4.69) is 9.47 Å². The van der Waals surface area contributed by atoms with Gasteiger partial charge in [0.1, 0.15) is 5.75 Å². The first kappa shape index (κ1) is 19.3. The first-order valence-corrected chi connectivity index (χ1v) is 7.19. The van der Waals surface area contributed by atoms with E-state index in [0.717, 1.165) is 38.5 Å². The van der Waals surface area contributed by atoms with Crippen LogP contribution >= 0.6 is 0 Å². The van der Waals surface area contributed by atoms with Crippen molar-refractivity contribution in [2.45, 2.75) is 0 Å². The maximum atomic E-state index is 11.9. The molecular formula is C16H12N2O9. The lowest BCUT2D eigenvalue weighted by Gasteiger charge is -2.10. The van der Waals surface area contributed by atoms with Crippen LogP contribution in [0.15, 0.2) is 36.4 Å². The third kappa shape index (κ3) is 4.15. The molecule has 11 heteroatoms. The summed E-state index contributed by atoms with van der Waals surface area (Å²) in [6.45, 7) is 0. The standard InChI is InChI=1S/C16H12N2O9/c1-25-15(19)11-5-4-10(8-12(11)16(20)26-2)27-14-6-3-9(17(21)22)7-13(14)18(23)24/h3-8H,1-2H3. The molecule has 2 aromatic rings. The minimum atomic E-state index is -0.848. The van der Waals surface area contributed by atoms with Crippen molar-refractivity contribution >= 4 is 23.3 Å². The predicted octanol–water partition coefficient (Wildman–Crippen LogP) is 2.87. The second-order valence-corrected chi connectivity index (χ2v) is 4.96. The number of non-ortho nitro benzene ring substituents is 1. The first-order valence-electron chi connectivity index (χ1n) is 7.19. The number of methoxy groups -OCH3 is 2. The minimum absolute atomic E-state index is 0.0278. The van der Waals surface area contributed by atoms with Gasteiger partial charge in [-0.15, -0.1) is 0 Å². The van der Waals surface area contributed by atoms with Crippen LogP contribution < -0.4 is 4.74 Å². The average molecular weight is 376 g/mol. The van der Waals surface area contributed by atoms with E-state index in [0.29, 0.717) is 0 Å². The van der Waals surface area contributed by atoms with Crippen molar-refractivity contribution in [3.8, 4) is 11.5 Å². The molecule has 0 fully saturated rings. The van der Waals surface area contributed by atoms with Crippen LogP contribution in [0.4, 0.5) is 11.4 Å². The molecule has 0 aromatic heterocycles. The van der Waals surface area contributed by atoms with Crippen LogP contribution in [0.1, 0.15) is 20.7 Å². The molecule has 11 nitrogen and oxygen atoms in total. The van der Waals surface area contributed by atoms with Crippen molar-refractivity contribution in [3.63, 3.8) is 0 Å². The Hall–Kier alpha value is -4.02. The zero-order chi connectivity index (χ0) is 20.1. The Morgan fingerprint density at radius 3 is 2.04 bits per heavy atom. The number of ether oxygens (including phenoxy) is 3. The molecule has 0 saturated carbocycles. The molecule has 0 saturated heterocycles. The van der Waals surface area contributed by atoms with Gasteiger partial charge in [0.15, 0.2) is 0 Å². The van der Waals surface area contributed by atoms with Gasteiger partial charge in [0.2, 0.25) is 5.75 Å². The number of esters is 2. The number of hydrogen-bond donors (Lipinski definition) is 0. The monoisotopic (exact) mass is 376 g/mol. The fourth-order valence-corrected chi connectivity index (χ4v) is 2.13. The number of benzene rings is 2. The number of rotatable bonds is 6. The Bertz CT molecular complexity index is 939. The van der Waals surface area contributed by atoms with E-state index in [4.69, 9.17) is 4.74 Å². The molecule has 0 aliphatic rings. The number of nitrogens with zero attached hydrogens (tertiary/aromatic N) is 2. The van der Waals surface area contributed by atoms with E-state index in [-0.39, 0.29) is 22.6 Å². The van der Waals surface area contributed by atoms with Gasteiger partial charge in [-0.1, -0.05) is 0 Å². The molecule has 0 radical (unpaired) electrons. The van der Waals surface area contributed by atoms with Gasteiger partial charge in [-0.2, -0.15) is 0 Å². The summed E-state index contributed by atoms with van der Waals surface area (Å²) in [4.78, 5) is 43.9. The molecule has 2 aromatic carbocycles. The molecular weight excluding hydrogens is 364 g/mol. The maximum absolute atomic E-state index is 11.9. The number of carbonyl (C=O) groups is 2. The van der Waals surface area contributed by atoms with Crippen LogP contribution in [0.25, 0.3) is 0 Å². The minimum Gasteiger partial charge on any atom is -0.465 e. The van der Waals surface area contributed by atoms with Crippen LogP contribution in [0, 0.1) is 20.2 Å². The van der Waals surface area contributed by atoms with Gasteiger partial charge >= 0.3 is 17.6 Å². The zero-order valence-corrected chi connectivity index (χ0v) is 14.0. The molecule has 2 rings (SSSR count). The normalized spacial score (nSPS) is 10.0. The fourth-order valence-electron chi connectivity index (χ4n) is 2.13. The zero-order valence-electron chi connectivity index (χ0n) is 14.0. The van der Waals surface area contributed by atoms with E-state index < -0.39 is 33.2 Å². The summed E-state index contributed by atoms with van der Waals surface area (Å²) >= 11 is 0. The SMILES string of the molecule is COC(=O)c1ccc(Oc2ccc([N+](=O)[O-])cc2[N+](=O)[O-])cc1C(=O)OC. The second-order valence-electron chi connectivity index (χ2n) is 4.96. The predicted molar refractivity (Wildman–Crippen MR) is 88.9 cm³/mol. The lowest BCUT2D eigenvalue weighted by molar-refractivity contribution is -0.394. The van der Waals surface area contributed by atoms with Crippen LogP contribution in [0.2, 0.25) is 0 Å². The van der Waals surface area contributed by atoms with Crippen LogP contribution in [-0.2, 0) is 9.47 Å². The molecule has 0 aliphatic heterocycles. The van der Waals surface area contributed by atoms with Gasteiger partial charge < -0.3 is 14.2 Å². The summed E-state index contributed by atoms with van der Waals surface area (Å²) in [5.74, 6) is -1.95. The van der Waals surface area contributed by atoms with Crippen LogP contribution in [-0.4, -0.2) is 36.0 Å². The Balaban J connectivity index is 2.48. The Morgan fingerprint density at radius 1 is 0.852 bits per heavy atom. The Labute approximate surface area is 151 Å². The van der Waals surface area contributed by atoms with Gasteiger partial charge in [0.05, 0.1) is 41.3 Å². The molecule has 0 amide bonds. The van der Waals surface area contributed by atoms with Crippen LogP contribution in [0.3, 0.4) is 0 Å². The van der Waals surface area contributed by atoms with Gasteiger partial charge in [-0.3, -0.25) is 20.2 Å². The van der Waals surface area contributed by atoms with Crippen molar-refractivity contribution in [2.75, 3.05) is 14.2 Å². The third-order valence-electron chi connectivity index (χ3n) is 3.38. The van der Waals surface area contributed by atoms with E-state index in [1.807, 2.05) is 0 Å². The molecule has 140 valence electrons. The Kier molecular flexibility index (Phi) is 5.65. The summed E-state index contributed by atoms with van der Waals surface area (Å²) in [6, 6.07) is 6.49. The highest BCUT2D eigenvalue weighted by molar-refractivity contribution is 6.03. The summed E-state index contributed by atoms with van der Waals surface area (Å²) in [7, 11) is 2.24. The molecule has 0 heterocycles. The molecule has 0 N–H and O–H groups in total. The van der Waals surface area contributed by atoms with E-state index in [1.165, 1.54) is 12.1 Å². The highest BCUT2D eigenvalue weighted by Crippen LogP contribution is 2.35. The topological polar surface area (TPSA) is 148 Å². The second kappa shape index (κ2) is 7.91. The van der Waals surface area contributed by atoms with Gasteiger partial charge in [0.25, 0.3) is 5.69 Å². The van der Waals surface area contributed by atoms with E-state index >= 15 is 0 Å². The average Bonchev–Trinajstić information content (AvgIpc) is 2.66. The molecule has 0 unspecified atom stereocenters.